The number of hydrogen-bond acceptors (Lipinski definition) is 4. The van der Waals surface area contributed by atoms with Crippen molar-refractivity contribution in [1.82, 2.24) is 15.6 Å². The van der Waals surface area contributed by atoms with Crippen LogP contribution in [-0.4, -0.2) is 24.6 Å². The first kappa shape index (κ1) is 14.0. The Balaban J connectivity index is 1.82. The predicted octanol–water partition coefficient (Wildman–Crippen LogP) is 2.71. The van der Waals surface area contributed by atoms with Crippen LogP contribution in [0.4, 0.5) is 0 Å². The van der Waals surface area contributed by atoms with Gasteiger partial charge >= 0.3 is 0 Å². The van der Waals surface area contributed by atoms with Gasteiger partial charge in [0.25, 0.3) is 0 Å². The fraction of sp³-hybridized carbons (Fsp3) is 0.786. The second-order valence-electron chi connectivity index (χ2n) is 5.49. The molecule has 1 fully saturated rings. The number of rotatable bonds is 6. The topological polar surface area (TPSA) is 37.0 Å². The molecule has 1 aromatic rings. The number of nitrogens with one attached hydrogen (secondary N) is 2. The molecule has 2 heterocycles. The highest BCUT2D eigenvalue weighted by molar-refractivity contribution is 7.09. The van der Waals surface area contributed by atoms with Crippen LogP contribution in [0, 0.1) is 12.3 Å². The summed E-state index contributed by atoms with van der Waals surface area (Å²) in [7, 11) is 0. The molecule has 3 nitrogen and oxygen atoms in total. The highest BCUT2D eigenvalue weighted by Crippen LogP contribution is 2.30. The number of aromatic nitrogens is 1. The van der Waals surface area contributed by atoms with Crippen molar-refractivity contribution >= 4 is 11.3 Å². The number of hydrogen-bond donors (Lipinski definition) is 2. The van der Waals surface area contributed by atoms with Gasteiger partial charge < -0.3 is 10.6 Å². The van der Waals surface area contributed by atoms with Gasteiger partial charge in [0.2, 0.25) is 0 Å². The molecule has 0 aliphatic carbocycles. The highest BCUT2D eigenvalue weighted by Gasteiger charge is 2.30. The van der Waals surface area contributed by atoms with Gasteiger partial charge in [-0.05, 0) is 38.1 Å². The first-order valence-corrected chi connectivity index (χ1v) is 7.94. The van der Waals surface area contributed by atoms with E-state index < -0.39 is 0 Å². The molecule has 1 atom stereocenters. The third kappa shape index (κ3) is 3.77. The molecule has 0 radical (unpaired) electrons. The summed E-state index contributed by atoms with van der Waals surface area (Å²) in [5, 5.41) is 10.5. The maximum Gasteiger partial charge on any atom is 0.0897 e. The van der Waals surface area contributed by atoms with Crippen LogP contribution in [0.3, 0.4) is 0 Å². The molecule has 1 saturated heterocycles. The van der Waals surface area contributed by atoms with Gasteiger partial charge in [-0.3, -0.25) is 0 Å². The number of nitrogens with zero attached hydrogens (tertiary/aromatic N) is 1. The van der Waals surface area contributed by atoms with E-state index in [9.17, 15) is 0 Å². The summed E-state index contributed by atoms with van der Waals surface area (Å²) in [5.41, 5.74) is 1.66. The largest absolute Gasteiger partial charge is 0.316 e. The van der Waals surface area contributed by atoms with E-state index in [1.165, 1.54) is 44.5 Å². The van der Waals surface area contributed by atoms with Crippen LogP contribution in [0.5, 0.6) is 0 Å². The Labute approximate surface area is 114 Å². The fourth-order valence-corrected chi connectivity index (χ4v) is 3.57. The van der Waals surface area contributed by atoms with E-state index >= 15 is 0 Å². The van der Waals surface area contributed by atoms with Gasteiger partial charge in [-0.25, -0.2) is 4.98 Å². The molecule has 1 aliphatic heterocycles. The van der Waals surface area contributed by atoms with Crippen LogP contribution in [-0.2, 0) is 6.54 Å². The molecule has 0 aromatic carbocycles. The van der Waals surface area contributed by atoms with E-state index in [0.29, 0.717) is 5.41 Å². The fourth-order valence-electron chi connectivity index (χ4n) is 2.96. The monoisotopic (exact) mass is 267 g/mol. The molecule has 0 amide bonds. The molecule has 2 N–H and O–H groups in total. The van der Waals surface area contributed by atoms with E-state index in [-0.39, 0.29) is 0 Å². The van der Waals surface area contributed by atoms with Gasteiger partial charge in [-0.2, -0.15) is 0 Å². The molecule has 1 aromatic heterocycles. The third-order valence-electron chi connectivity index (χ3n) is 3.81. The maximum atomic E-state index is 4.50. The van der Waals surface area contributed by atoms with Crippen LogP contribution in [0.2, 0.25) is 0 Å². The first-order valence-electron chi connectivity index (χ1n) is 7.06. The summed E-state index contributed by atoms with van der Waals surface area (Å²) < 4.78 is 0. The highest BCUT2D eigenvalue weighted by atomic mass is 32.1. The molecule has 102 valence electrons. The summed E-state index contributed by atoms with van der Waals surface area (Å²) in [6.07, 6.45) is 5.27. The minimum atomic E-state index is 0.470. The van der Waals surface area contributed by atoms with Crippen molar-refractivity contribution in [3.63, 3.8) is 0 Å². The van der Waals surface area contributed by atoms with E-state index in [1.807, 2.05) is 0 Å². The smallest absolute Gasteiger partial charge is 0.0897 e. The molecule has 0 spiro atoms. The lowest BCUT2D eigenvalue weighted by molar-refractivity contribution is 0.182. The molecule has 0 bridgehead atoms. The van der Waals surface area contributed by atoms with E-state index in [1.54, 1.807) is 11.3 Å². The molecule has 2 rings (SSSR count). The molecule has 18 heavy (non-hydrogen) atoms. The predicted molar refractivity (Wildman–Crippen MR) is 78.0 cm³/mol. The zero-order valence-electron chi connectivity index (χ0n) is 11.6. The van der Waals surface area contributed by atoms with Crippen LogP contribution in [0.1, 0.15) is 43.3 Å². The minimum Gasteiger partial charge on any atom is -0.316 e. The standard InChI is InChI=1S/C14H25N3S/c1-3-5-14(6-4-7-15-10-14)11-16-8-13-9-18-12(2)17-13/h9,15-16H,3-8,10-11H2,1-2H3. The van der Waals surface area contributed by atoms with Crippen molar-refractivity contribution in [2.24, 2.45) is 5.41 Å². The van der Waals surface area contributed by atoms with E-state index in [4.69, 9.17) is 0 Å². The Morgan fingerprint density at radius 1 is 1.56 bits per heavy atom. The maximum absolute atomic E-state index is 4.50. The van der Waals surface area contributed by atoms with E-state index in [2.05, 4.69) is 34.8 Å². The molecular formula is C14H25N3S. The Morgan fingerprint density at radius 2 is 2.44 bits per heavy atom. The summed E-state index contributed by atoms with van der Waals surface area (Å²) in [6.45, 7) is 8.75. The van der Waals surface area contributed by atoms with Crippen LogP contribution >= 0.6 is 11.3 Å². The quantitative estimate of drug-likeness (QED) is 0.832. The zero-order valence-corrected chi connectivity index (χ0v) is 12.4. The molecule has 1 unspecified atom stereocenters. The Kier molecular flexibility index (Phi) is 5.15. The molecule has 0 saturated carbocycles. The van der Waals surface area contributed by atoms with Crippen molar-refractivity contribution in [2.45, 2.75) is 46.1 Å². The Bertz CT molecular complexity index is 350. The second kappa shape index (κ2) is 6.64. The normalized spacial score (nSPS) is 24.3. The molecule has 4 heteroatoms. The number of piperidine rings is 1. The number of thiazole rings is 1. The SMILES string of the molecule is CCCC1(CNCc2csc(C)n2)CCCNC1. The minimum absolute atomic E-state index is 0.470. The van der Waals surface area contributed by atoms with Crippen LogP contribution in [0.25, 0.3) is 0 Å². The van der Waals surface area contributed by atoms with Gasteiger partial charge in [0.1, 0.15) is 0 Å². The lowest BCUT2D eigenvalue weighted by atomic mass is 9.77. The van der Waals surface area contributed by atoms with Crippen molar-refractivity contribution in [2.75, 3.05) is 19.6 Å². The lowest BCUT2D eigenvalue weighted by Gasteiger charge is -2.38. The summed E-state index contributed by atoms with van der Waals surface area (Å²) in [5.74, 6) is 0. The van der Waals surface area contributed by atoms with Gasteiger partial charge in [-0.1, -0.05) is 13.3 Å². The van der Waals surface area contributed by atoms with Gasteiger partial charge in [0, 0.05) is 25.0 Å². The van der Waals surface area contributed by atoms with Gasteiger partial charge in [0.15, 0.2) is 0 Å². The third-order valence-corrected chi connectivity index (χ3v) is 4.64. The molecule has 1 aliphatic rings. The average Bonchev–Trinajstić information content (AvgIpc) is 2.77. The lowest BCUT2D eigenvalue weighted by Crippen LogP contribution is -2.46. The van der Waals surface area contributed by atoms with Crippen LogP contribution in [0.15, 0.2) is 5.38 Å². The van der Waals surface area contributed by atoms with Crippen molar-refractivity contribution < 1.29 is 0 Å². The summed E-state index contributed by atoms with van der Waals surface area (Å²) >= 11 is 1.74. The summed E-state index contributed by atoms with van der Waals surface area (Å²) in [6, 6.07) is 0. The van der Waals surface area contributed by atoms with Crippen molar-refractivity contribution in [1.29, 1.82) is 0 Å². The summed E-state index contributed by atoms with van der Waals surface area (Å²) in [4.78, 5) is 4.50. The van der Waals surface area contributed by atoms with Crippen molar-refractivity contribution in [3.8, 4) is 0 Å². The van der Waals surface area contributed by atoms with E-state index in [0.717, 1.165) is 18.1 Å². The van der Waals surface area contributed by atoms with Gasteiger partial charge in [-0.15, -0.1) is 11.3 Å². The van der Waals surface area contributed by atoms with Crippen LogP contribution < -0.4 is 10.6 Å². The first-order chi connectivity index (χ1) is 8.74. The Morgan fingerprint density at radius 3 is 3.06 bits per heavy atom. The zero-order chi connectivity index (χ0) is 12.8. The Hall–Kier alpha value is -0.450. The molecular weight excluding hydrogens is 242 g/mol. The van der Waals surface area contributed by atoms with Gasteiger partial charge in [0.05, 0.1) is 10.7 Å². The number of aryl methyl sites for hydroxylation is 1. The average molecular weight is 267 g/mol. The second-order valence-corrected chi connectivity index (χ2v) is 6.55. The van der Waals surface area contributed by atoms with Crippen molar-refractivity contribution in [3.05, 3.63) is 16.1 Å².